The van der Waals surface area contributed by atoms with Crippen LogP contribution in [0.25, 0.3) is 0 Å². The number of nitrogens with one attached hydrogen (secondary N) is 2. The van der Waals surface area contributed by atoms with Gasteiger partial charge in [0, 0.05) is 16.5 Å². The molecule has 0 atom stereocenters. The van der Waals surface area contributed by atoms with Gasteiger partial charge in [-0.15, -0.1) is 11.3 Å². The number of aromatic nitrogens is 1. The number of hydrogen-bond donors (Lipinski definition) is 2. The maximum absolute atomic E-state index is 14.2. The van der Waals surface area contributed by atoms with E-state index in [1.54, 1.807) is 23.5 Å². The zero-order chi connectivity index (χ0) is 18.4. The van der Waals surface area contributed by atoms with Gasteiger partial charge in [-0.1, -0.05) is 18.7 Å². The van der Waals surface area contributed by atoms with Crippen molar-refractivity contribution in [2.45, 2.75) is 52.7 Å². The Morgan fingerprint density at radius 2 is 2.08 bits per heavy atom. The van der Waals surface area contributed by atoms with Gasteiger partial charge in [-0.2, -0.15) is 0 Å². The van der Waals surface area contributed by atoms with Crippen molar-refractivity contribution in [2.75, 3.05) is 0 Å². The number of nitrogens with zero attached hydrogens (tertiary/aromatic N) is 1. The average molecular weight is 364 g/mol. The molecule has 0 radical (unpaired) electrons. The SMILES string of the molecule is C=C(NOCc1ccc(CCc2csc(C)n2)cc1F)NC(C)(C)C. The van der Waals surface area contributed by atoms with Crippen molar-refractivity contribution in [3.63, 3.8) is 0 Å². The predicted molar refractivity (Wildman–Crippen MR) is 101 cm³/mol. The largest absolute Gasteiger partial charge is 0.366 e. The molecule has 0 saturated heterocycles. The summed E-state index contributed by atoms with van der Waals surface area (Å²) in [5, 5.41) is 6.25. The average Bonchev–Trinajstić information content (AvgIpc) is 2.91. The lowest BCUT2D eigenvalue weighted by Gasteiger charge is -2.24. The molecule has 0 bridgehead atoms. The van der Waals surface area contributed by atoms with Gasteiger partial charge in [0.1, 0.15) is 18.2 Å². The lowest BCUT2D eigenvalue weighted by molar-refractivity contribution is 0.0408. The Morgan fingerprint density at radius 1 is 1.32 bits per heavy atom. The topological polar surface area (TPSA) is 46.2 Å². The number of aryl methyl sites for hydroxylation is 3. The number of thiazole rings is 1. The summed E-state index contributed by atoms with van der Waals surface area (Å²) in [5.41, 5.74) is 5.10. The molecule has 2 rings (SSSR count). The maximum atomic E-state index is 14.2. The minimum Gasteiger partial charge on any atom is -0.366 e. The molecular weight excluding hydrogens is 337 g/mol. The lowest BCUT2D eigenvalue weighted by atomic mass is 10.1. The van der Waals surface area contributed by atoms with Crippen LogP contribution in [0.15, 0.2) is 36.0 Å². The van der Waals surface area contributed by atoms with Crippen LogP contribution >= 0.6 is 11.3 Å². The Bertz CT molecular complexity index is 722. The monoisotopic (exact) mass is 363 g/mol. The molecule has 6 heteroatoms. The number of rotatable bonds is 8. The van der Waals surface area contributed by atoms with E-state index in [2.05, 4.69) is 27.7 Å². The van der Waals surface area contributed by atoms with Gasteiger partial charge >= 0.3 is 0 Å². The smallest absolute Gasteiger partial charge is 0.129 e. The molecule has 2 aromatic rings. The molecule has 0 spiro atoms. The molecule has 1 aromatic heterocycles. The Morgan fingerprint density at radius 3 is 2.68 bits per heavy atom. The summed E-state index contributed by atoms with van der Waals surface area (Å²) in [7, 11) is 0. The Balaban J connectivity index is 1.81. The molecule has 1 aromatic carbocycles. The van der Waals surface area contributed by atoms with E-state index in [0.29, 0.717) is 11.4 Å². The van der Waals surface area contributed by atoms with E-state index in [1.165, 1.54) is 0 Å². The third-order valence-electron chi connectivity index (χ3n) is 3.40. The molecule has 136 valence electrons. The van der Waals surface area contributed by atoms with Crippen LogP contribution in [0.1, 0.15) is 42.6 Å². The first-order valence-corrected chi connectivity index (χ1v) is 9.14. The first-order chi connectivity index (χ1) is 11.7. The van der Waals surface area contributed by atoms with E-state index in [4.69, 9.17) is 4.84 Å². The van der Waals surface area contributed by atoms with Crippen molar-refractivity contribution in [3.05, 3.63) is 63.6 Å². The normalized spacial score (nSPS) is 11.4. The molecule has 0 saturated carbocycles. The van der Waals surface area contributed by atoms with Crippen LogP contribution < -0.4 is 10.8 Å². The van der Waals surface area contributed by atoms with Crippen LogP contribution in [-0.2, 0) is 24.3 Å². The Hall–Kier alpha value is -1.92. The second-order valence-corrected chi connectivity index (χ2v) is 8.09. The van der Waals surface area contributed by atoms with Crippen molar-refractivity contribution >= 4 is 11.3 Å². The first-order valence-electron chi connectivity index (χ1n) is 8.26. The molecule has 0 fully saturated rings. The second kappa shape index (κ2) is 8.45. The molecule has 4 nitrogen and oxygen atoms in total. The van der Waals surface area contributed by atoms with Crippen LogP contribution in [-0.4, -0.2) is 10.5 Å². The molecule has 1 heterocycles. The van der Waals surface area contributed by atoms with Crippen molar-refractivity contribution in [3.8, 4) is 0 Å². The quantitative estimate of drug-likeness (QED) is 0.688. The van der Waals surface area contributed by atoms with E-state index >= 15 is 0 Å². The van der Waals surface area contributed by atoms with E-state index in [9.17, 15) is 4.39 Å². The zero-order valence-corrected chi connectivity index (χ0v) is 16.1. The van der Waals surface area contributed by atoms with Gasteiger partial charge < -0.3 is 5.32 Å². The summed E-state index contributed by atoms with van der Waals surface area (Å²) in [6, 6.07) is 5.27. The molecule has 0 unspecified atom stereocenters. The lowest BCUT2D eigenvalue weighted by Crippen LogP contribution is -2.39. The van der Waals surface area contributed by atoms with Gasteiger partial charge in [-0.05, 0) is 52.2 Å². The number of benzene rings is 1. The van der Waals surface area contributed by atoms with E-state index in [-0.39, 0.29) is 18.0 Å². The molecular formula is C19H26FN3OS. The highest BCUT2D eigenvalue weighted by Gasteiger charge is 2.10. The third kappa shape index (κ3) is 6.84. The summed E-state index contributed by atoms with van der Waals surface area (Å²) < 4.78 is 14.2. The highest BCUT2D eigenvalue weighted by molar-refractivity contribution is 7.09. The van der Waals surface area contributed by atoms with Crippen LogP contribution in [0.4, 0.5) is 4.39 Å². The standard InChI is InChI=1S/C19H26FN3OS/c1-13(22-19(3,4)5)23-24-11-16-8-6-15(10-18(16)20)7-9-17-12-25-14(2)21-17/h6,8,10,12,22-23H,1,7,9,11H2,2-5H3. The molecule has 0 aliphatic rings. The van der Waals surface area contributed by atoms with Gasteiger partial charge in [0.25, 0.3) is 0 Å². The molecule has 0 aliphatic heterocycles. The minimum absolute atomic E-state index is 0.115. The number of hydrogen-bond acceptors (Lipinski definition) is 5. The van der Waals surface area contributed by atoms with Crippen molar-refractivity contribution < 1.29 is 9.23 Å². The van der Waals surface area contributed by atoms with Crippen LogP contribution in [0, 0.1) is 12.7 Å². The highest BCUT2D eigenvalue weighted by Crippen LogP contribution is 2.15. The van der Waals surface area contributed by atoms with Gasteiger partial charge in [0.15, 0.2) is 0 Å². The van der Waals surface area contributed by atoms with E-state index in [0.717, 1.165) is 29.1 Å². The van der Waals surface area contributed by atoms with Crippen molar-refractivity contribution in [1.29, 1.82) is 0 Å². The molecule has 0 aliphatic carbocycles. The highest BCUT2D eigenvalue weighted by atomic mass is 32.1. The summed E-state index contributed by atoms with van der Waals surface area (Å²) >= 11 is 1.64. The summed E-state index contributed by atoms with van der Waals surface area (Å²) in [4.78, 5) is 9.75. The summed E-state index contributed by atoms with van der Waals surface area (Å²) in [6.07, 6.45) is 1.59. The van der Waals surface area contributed by atoms with E-state index in [1.807, 2.05) is 33.8 Å². The maximum Gasteiger partial charge on any atom is 0.129 e. The zero-order valence-electron chi connectivity index (χ0n) is 15.3. The second-order valence-electron chi connectivity index (χ2n) is 7.03. The fourth-order valence-electron chi connectivity index (χ4n) is 2.34. The summed E-state index contributed by atoms with van der Waals surface area (Å²) in [6.45, 7) is 12.0. The molecule has 25 heavy (non-hydrogen) atoms. The third-order valence-corrected chi connectivity index (χ3v) is 4.23. The van der Waals surface area contributed by atoms with Gasteiger partial charge in [-0.3, -0.25) is 10.3 Å². The van der Waals surface area contributed by atoms with E-state index < -0.39 is 0 Å². The van der Waals surface area contributed by atoms with Gasteiger partial charge in [-0.25, -0.2) is 9.37 Å². The van der Waals surface area contributed by atoms with Crippen LogP contribution in [0.5, 0.6) is 0 Å². The van der Waals surface area contributed by atoms with Crippen molar-refractivity contribution in [2.24, 2.45) is 0 Å². The first kappa shape index (κ1) is 19.4. The fourth-order valence-corrected chi connectivity index (χ4v) is 2.99. The summed E-state index contributed by atoms with van der Waals surface area (Å²) in [5.74, 6) is 0.284. The molecule has 2 N–H and O–H groups in total. The number of halogens is 1. The Labute approximate surface area is 153 Å². The number of hydroxylamine groups is 1. The van der Waals surface area contributed by atoms with Gasteiger partial charge in [0.05, 0.1) is 10.7 Å². The molecule has 0 amide bonds. The Kier molecular flexibility index (Phi) is 6.56. The fraction of sp³-hybridized carbons (Fsp3) is 0.421. The van der Waals surface area contributed by atoms with Crippen molar-refractivity contribution in [1.82, 2.24) is 15.8 Å². The predicted octanol–water partition coefficient (Wildman–Crippen LogP) is 4.26. The minimum atomic E-state index is -0.261. The van der Waals surface area contributed by atoms with Crippen LogP contribution in [0.3, 0.4) is 0 Å². The van der Waals surface area contributed by atoms with Gasteiger partial charge in [0.2, 0.25) is 0 Å². The van der Waals surface area contributed by atoms with Crippen LogP contribution in [0.2, 0.25) is 0 Å².